The van der Waals surface area contributed by atoms with Gasteiger partial charge in [0.1, 0.15) is 45.7 Å². The molecule has 0 aromatic heterocycles. The molecule has 1 heterocycles. The van der Waals surface area contributed by atoms with Crippen LogP contribution in [0.1, 0.15) is 42.1 Å². The molecular formula is C28H39NO11S2. The van der Waals surface area contributed by atoms with Crippen LogP contribution in [0.4, 0.5) is 0 Å². The summed E-state index contributed by atoms with van der Waals surface area (Å²) in [4.78, 5) is 24.9. The highest BCUT2D eigenvalue weighted by molar-refractivity contribution is 7.91. The summed E-state index contributed by atoms with van der Waals surface area (Å²) in [6.45, 7) is 2.15. The van der Waals surface area contributed by atoms with Gasteiger partial charge in [-0.3, -0.25) is 4.79 Å². The van der Waals surface area contributed by atoms with Gasteiger partial charge in [-0.25, -0.2) is 21.6 Å². The Kier molecular flexibility index (Phi) is 13.4. The smallest absolute Gasteiger partial charge is 0.342 e. The van der Waals surface area contributed by atoms with Crippen LogP contribution in [0.5, 0.6) is 11.5 Å². The fourth-order valence-corrected chi connectivity index (χ4v) is 5.40. The van der Waals surface area contributed by atoms with Gasteiger partial charge in [-0.05, 0) is 43.0 Å². The number of carbonyl (C=O) groups excluding carboxylic acids is 2. The number of carbonyl (C=O) groups is 2. The predicted molar refractivity (Wildman–Crippen MR) is 158 cm³/mol. The van der Waals surface area contributed by atoms with Crippen molar-refractivity contribution in [3.63, 3.8) is 0 Å². The highest BCUT2D eigenvalue weighted by Crippen LogP contribution is 2.30. The zero-order chi connectivity index (χ0) is 31.5. The number of rotatable bonds is 11. The van der Waals surface area contributed by atoms with Crippen LogP contribution < -0.4 is 10.1 Å². The largest absolute Gasteiger partial charge is 0.507 e. The van der Waals surface area contributed by atoms with E-state index in [-0.39, 0.29) is 67.3 Å². The number of hydrogen-bond donors (Lipinski definition) is 4. The predicted octanol–water partition coefficient (Wildman–Crippen LogP) is 0.966. The minimum Gasteiger partial charge on any atom is -0.507 e. The van der Waals surface area contributed by atoms with Crippen molar-refractivity contribution < 1.29 is 51.2 Å². The van der Waals surface area contributed by atoms with Gasteiger partial charge >= 0.3 is 5.97 Å². The maximum absolute atomic E-state index is 12.9. The van der Waals surface area contributed by atoms with Crippen LogP contribution in [-0.4, -0.2) is 106 Å². The number of phenols is 1. The molecule has 1 aromatic rings. The zero-order valence-electron chi connectivity index (χ0n) is 23.9. The van der Waals surface area contributed by atoms with Crippen LogP contribution in [0.15, 0.2) is 42.0 Å². The Hall–Kier alpha value is -3.04. The average Bonchev–Trinajstić information content (AvgIpc) is 2.85. The number of aliphatic hydroxyl groups excluding tert-OH is 2. The minimum atomic E-state index is -3.33. The third-order valence-corrected chi connectivity index (χ3v) is 7.86. The summed E-state index contributed by atoms with van der Waals surface area (Å²) >= 11 is 0. The lowest BCUT2D eigenvalue weighted by atomic mass is 10.0. The number of cyclic esters (lactones) is 1. The molecule has 0 aliphatic carbocycles. The van der Waals surface area contributed by atoms with Crippen LogP contribution in [0, 0.1) is 0 Å². The van der Waals surface area contributed by atoms with E-state index >= 15 is 0 Å². The van der Waals surface area contributed by atoms with E-state index in [1.165, 1.54) is 30.4 Å². The van der Waals surface area contributed by atoms with Gasteiger partial charge in [0, 0.05) is 38.1 Å². The summed E-state index contributed by atoms with van der Waals surface area (Å²) in [6.07, 6.45) is 5.79. The lowest BCUT2D eigenvalue weighted by Gasteiger charge is -2.17. The second-order valence-corrected chi connectivity index (χ2v) is 14.6. The van der Waals surface area contributed by atoms with Crippen molar-refractivity contribution >= 4 is 37.5 Å². The number of fused-ring (bicyclic) bond motifs is 1. The van der Waals surface area contributed by atoms with Gasteiger partial charge < -0.3 is 30.1 Å². The Balaban J connectivity index is 2.14. The van der Waals surface area contributed by atoms with Crippen LogP contribution in [0.3, 0.4) is 0 Å². The summed E-state index contributed by atoms with van der Waals surface area (Å²) in [6, 6.07) is 2.73. The molecule has 0 saturated heterocycles. The van der Waals surface area contributed by atoms with Crippen LogP contribution in [-0.2, 0) is 29.2 Å². The molecule has 1 aromatic carbocycles. The van der Waals surface area contributed by atoms with Gasteiger partial charge in [0.15, 0.2) is 15.6 Å². The number of nitrogens with one attached hydrogen (secondary N) is 1. The van der Waals surface area contributed by atoms with Crippen molar-refractivity contribution in [2.24, 2.45) is 0 Å². The van der Waals surface area contributed by atoms with Gasteiger partial charge in [0.25, 0.3) is 0 Å². The lowest BCUT2D eigenvalue weighted by molar-refractivity contribution is -0.127. The molecule has 14 heteroatoms. The molecule has 3 atom stereocenters. The monoisotopic (exact) mass is 629 g/mol. The number of ether oxygens (including phenoxy) is 2. The Bertz CT molecular complexity index is 1410. The first-order valence-corrected chi connectivity index (χ1v) is 17.4. The minimum absolute atomic E-state index is 0.0955. The Morgan fingerprint density at radius 3 is 2.43 bits per heavy atom. The first-order chi connectivity index (χ1) is 19.6. The lowest BCUT2D eigenvalue weighted by Crippen LogP contribution is -2.32. The SMILES string of the molecule is CC1C/C=C\C(=O)C(O)C(O)C/C=C/c2cc(OCCNC/C(=C\CCS(C)(=O)=O)CS(C)(=O)=O)cc(O)c2C(=O)O1. The zero-order valence-corrected chi connectivity index (χ0v) is 25.5. The molecule has 0 spiro atoms. The molecule has 0 radical (unpaired) electrons. The molecule has 4 N–H and O–H groups in total. The Labute approximate surface area is 246 Å². The summed E-state index contributed by atoms with van der Waals surface area (Å²) < 4.78 is 57.4. The van der Waals surface area contributed by atoms with Gasteiger partial charge in [-0.15, -0.1) is 0 Å². The van der Waals surface area contributed by atoms with Gasteiger partial charge in [0.2, 0.25) is 0 Å². The average molecular weight is 630 g/mol. The molecule has 234 valence electrons. The fourth-order valence-electron chi connectivity index (χ4n) is 3.96. The molecule has 0 saturated carbocycles. The molecule has 2 rings (SSSR count). The quantitative estimate of drug-likeness (QED) is 0.154. The third-order valence-electron chi connectivity index (χ3n) is 5.98. The van der Waals surface area contributed by atoms with E-state index in [4.69, 9.17) is 9.47 Å². The van der Waals surface area contributed by atoms with Gasteiger partial charge in [0.05, 0.1) is 17.6 Å². The van der Waals surface area contributed by atoms with Gasteiger partial charge in [-0.2, -0.15) is 0 Å². The van der Waals surface area contributed by atoms with Crippen LogP contribution in [0.25, 0.3) is 6.08 Å². The third kappa shape index (κ3) is 12.9. The molecule has 42 heavy (non-hydrogen) atoms. The second-order valence-electron chi connectivity index (χ2n) is 10.2. The highest BCUT2D eigenvalue weighted by atomic mass is 32.2. The Morgan fingerprint density at radius 2 is 1.76 bits per heavy atom. The maximum Gasteiger partial charge on any atom is 0.342 e. The van der Waals surface area contributed by atoms with Crippen molar-refractivity contribution in [3.05, 3.63) is 53.1 Å². The van der Waals surface area contributed by atoms with Crippen molar-refractivity contribution in [1.82, 2.24) is 5.32 Å². The molecule has 0 bridgehead atoms. The summed E-state index contributed by atoms with van der Waals surface area (Å²) in [5, 5.41) is 33.9. The molecule has 3 unspecified atom stereocenters. The molecule has 1 aliphatic heterocycles. The molecule has 0 amide bonds. The van der Waals surface area contributed by atoms with E-state index in [0.717, 1.165) is 18.6 Å². The second kappa shape index (κ2) is 16.0. The number of esters is 1. The summed E-state index contributed by atoms with van der Waals surface area (Å²) in [5.41, 5.74) is 0.618. The number of sulfone groups is 2. The number of benzene rings is 1. The number of ketones is 1. The number of aliphatic hydroxyl groups is 2. The number of hydrogen-bond acceptors (Lipinski definition) is 12. The number of allylic oxidation sites excluding steroid dienone is 1. The van der Waals surface area contributed by atoms with Crippen LogP contribution in [0.2, 0.25) is 0 Å². The number of aromatic hydroxyl groups is 1. The first-order valence-electron chi connectivity index (χ1n) is 13.2. The van der Waals surface area contributed by atoms with Crippen molar-refractivity contribution in [1.29, 1.82) is 0 Å². The van der Waals surface area contributed by atoms with E-state index in [2.05, 4.69) is 5.32 Å². The molecule has 12 nitrogen and oxygen atoms in total. The van der Waals surface area contributed by atoms with E-state index in [1.807, 2.05) is 0 Å². The standard InChI is InChI=1S/C28H39NO11S2/c1-19-7-4-10-23(30)27(33)24(31)11-5-9-21-15-22(16-25(32)26(21)28(34)40-19)39-13-12-29-17-20(18-42(3,37)38)8-6-14-41(2,35)36/h4-5,8-10,15-16,19,24,27,29,31-33H,6-7,11-14,17-18H2,1-3H3/b9-5+,10-4-,20-8+. The summed E-state index contributed by atoms with van der Waals surface area (Å²) in [7, 11) is -6.52. The number of phenolic OH excluding ortho intramolecular Hbond substituents is 1. The van der Waals surface area contributed by atoms with E-state index in [0.29, 0.717) is 5.57 Å². The normalized spacial score (nSPS) is 22.5. The van der Waals surface area contributed by atoms with E-state index in [1.54, 1.807) is 13.0 Å². The van der Waals surface area contributed by atoms with E-state index in [9.17, 15) is 41.7 Å². The highest BCUT2D eigenvalue weighted by Gasteiger charge is 2.23. The first kappa shape index (κ1) is 35.2. The Morgan fingerprint density at radius 1 is 1.07 bits per heavy atom. The fraction of sp³-hybridized carbons (Fsp3) is 0.500. The topological polar surface area (TPSA) is 194 Å². The van der Waals surface area contributed by atoms with Crippen molar-refractivity contribution in [2.45, 2.75) is 44.5 Å². The van der Waals surface area contributed by atoms with Gasteiger partial charge in [-0.1, -0.05) is 24.3 Å². The molecular weight excluding hydrogens is 590 g/mol. The van der Waals surface area contributed by atoms with Crippen LogP contribution >= 0.6 is 0 Å². The molecule has 0 fully saturated rings. The maximum atomic E-state index is 12.9. The van der Waals surface area contributed by atoms with Crippen molar-refractivity contribution in [3.8, 4) is 11.5 Å². The van der Waals surface area contributed by atoms with Crippen molar-refractivity contribution in [2.75, 3.05) is 43.7 Å². The summed E-state index contributed by atoms with van der Waals surface area (Å²) in [5.74, 6) is -1.99. The van der Waals surface area contributed by atoms with E-state index < -0.39 is 55.5 Å². The molecule has 1 aliphatic rings.